The van der Waals surface area contributed by atoms with E-state index in [2.05, 4.69) is 32.3 Å². The highest BCUT2D eigenvalue weighted by Crippen LogP contribution is 2.26. The first-order chi connectivity index (χ1) is 7.60. The number of methoxy groups -OCH3 is 1. The van der Waals surface area contributed by atoms with Crippen LogP contribution in [0.5, 0.6) is 0 Å². The topological polar surface area (TPSA) is 64.7 Å². The molecule has 2 N–H and O–H groups in total. The number of hydrogen-bond acceptors (Lipinski definition) is 3. The van der Waals surface area contributed by atoms with Crippen LogP contribution in [0, 0.1) is 3.57 Å². The Morgan fingerprint density at radius 1 is 1.62 bits per heavy atom. The third kappa shape index (κ3) is 3.08. The smallest absolute Gasteiger partial charge is 0.340 e. The first-order valence-corrected chi connectivity index (χ1v) is 5.97. The molecule has 0 radical (unpaired) electrons. The molecule has 0 spiro atoms. The molecule has 6 heteroatoms. The fourth-order valence-electron chi connectivity index (χ4n) is 1.08. The number of esters is 1. The van der Waals surface area contributed by atoms with E-state index >= 15 is 0 Å². The third-order valence-electron chi connectivity index (χ3n) is 1.78. The standard InChI is InChI=1S/C10H10ClIN2O2/c1-16-10(15)6-3-2-4-7(12)9(6)14-8(13)5-11/h2-4H,5H2,1H3,(H2,13,14). The van der Waals surface area contributed by atoms with Crippen molar-refractivity contribution in [3.63, 3.8) is 0 Å². The molecule has 1 aromatic rings. The van der Waals surface area contributed by atoms with Gasteiger partial charge in [0.05, 0.1) is 24.2 Å². The van der Waals surface area contributed by atoms with Crippen molar-refractivity contribution in [2.24, 2.45) is 10.7 Å². The molecule has 0 aliphatic heterocycles. The van der Waals surface area contributed by atoms with Crippen LogP contribution in [0.4, 0.5) is 5.69 Å². The lowest BCUT2D eigenvalue weighted by atomic mass is 10.2. The molecule has 0 amide bonds. The van der Waals surface area contributed by atoms with Gasteiger partial charge in [0.25, 0.3) is 0 Å². The Balaban J connectivity index is 3.29. The van der Waals surface area contributed by atoms with Gasteiger partial charge in [-0.05, 0) is 34.7 Å². The van der Waals surface area contributed by atoms with Crippen molar-refractivity contribution in [1.82, 2.24) is 0 Å². The lowest BCUT2D eigenvalue weighted by Gasteiger charge is -2.06. The minimum absolute atomic E-state index is 0.117. The normalized spacial score (nSPS) is 11.3. The zero-order valence-corrected chi connectivity index (χ0v) is 11.4. The number of amidine groups is 1. The fourth-order valence-corrected chi connectivity index (χ4v) is 1.76. The number of carbonyl (C=O) groups excluding carboxylic acids is 1. The number of para-hydroxylation sites is 1. The molecule has 0 heterocycles. The molecule has 0 aliphatic rings. The predicted molar refractivity (Wildman–Crippen MR) is 72.5 cm³/mol. The lowest BCUT2D eigenvalue weighted by Crippen LogP contribution is -2.13. The summed E-state index contributed by atoms with van der Waals surface area (Å²) >= 11 is 7.62. The van der Waals surface area contributed by atoms with Gasteiger partial charge in [-0.1, -0.05) is 6.07 Å². The van der Waals surface area contributed by atoms with Gasteiger partial charge in [0, 0.05) is 3.57 Å². The Kier molecular flexibility index (Phi) is 5.01. The molecule has 0 unspecified atom stereocenters. The highest BCUT2D eigenvalue weighted by atomic mass is 127. The Morgan fingerprint density at radius 3 is 2.88 bits per heavy atom. The highest BCUT2D eigenvalue weighted by molar-refractivity contribution is 14.1. The quantitative estimate of drug-likeness (QED) is 0.298. The van der Waals surface area contributed by atoms with E-state index in [0.717, 1.165) is 3.57 Å². The predicted octanol–water partition coefficient (Wildman–Crippen LogP) is 2.31. The monoisotopic (exact) mass is 352 g/mol. The van der Waals surface area contributed by atoms with Crippen LogP contribution >= 0.6 is 34.2 Å². The number of aliphatic imine (C=N–C) groups is 1. The van der Waals surface area contributed by atoms with Crippen LogP contribution in [0.3, 0.4) is 0 Å². The maximum atomic E-state index is 11.5. The number of nitrogens with zero attached hydrogens (tertiary/aromatic N) is 1. The summed E-state index contributed by atoms with van der Waals surface area (Å²) < 4.78 is 5.48. The fraction of sp³-hybridized carbons (Fsp3) is 0.200. The molecule has 0 fully saturated rings. The summed E-state index contributed by atoms with van der Waals surface area (Å²) in [6.07, 6.45) is 0. The molecular formula is C10H10ClIN2O2. The van der Waals surface area contributed by atoms with Gasteiger partial charge in [0.1, 0.15) is 5.84 Å². The van der Waals surface area contributed by atoms with Crippen LogP contribution in [-0.2, 0) is 4.74 Å². The number of rotatable bonds is 3. The van der Waals surface area contributed by atoms with E-state index in [-0.39, 0.29) is 11.7 Å². The van der Waals surface area contributed by atoms with E-state index < -0.39 is 5.97 Å². The van der Waals surface area contributed by atoms with Gasteiger partial charge >= 0.3 is 5.97 Å². The van der Waals surface area contributed by atoms with Gasteiger partial charge in [-0.3, -0.25) is 0 Å². The second-order valence-electron chi connectivity index (χ2n) is 2.86. The molecule has 0 aromatic heterocycles. The third-order valence-corrected chi connectivity index (χ3v) is 2.93. The second-order valence-corrected chi connectivity index (χ2v) is 4.29. The number of nitrogens with two attached hydrogens (primary N) is 1. The van der Waals surface area contributed by atoms with Crippen LogP contribution in [0.1, 0.15) is 10.4 Å². The van der Waals surface area contributed by atoms with E-state index in [1.165, 1.54) is 7.11 Å². The van der Waals surface area contributed by atoms with Crippen molar-refractivity contribution < 1.29 is 9.53 Å². The summed E-state index contributed by atoms with van der Waals surface area (Å²) in [6.45, 7) is 0. The van der Waals surface area contributed by atoms with Gasteiger partial charge < -0.3 is 10.5 Å². The minimum atomic E-state index is -0.445. The van der Waals surface area contributed by atoms with Crippen molar-refractivity contribution in [2.45, 2.75) is 0 Å². The molecular weight excluding hydrogens is 342 g/mol. The molecule has 0 saturated carbocycles. The molecule has 0 aliphatic carbocycles. The average Bonchev–Trinajstić information content (AvgIpc) is 2.30. The average molecular weight is 353 g/mol. The Morgan fingerprint density at radius 2 is 2.31 bits per heavy atom. The van der Waals surface area contributed by atoms with Crippen LogP contribution in [-0.4, -0.2) is 24.8 Å². The molecule has 1 rings (SSSR count). The van der Waals surface area contributed by atoms with E-state index in [9.17, 15) is 4.79 Å². The van der Waals surface area contributed by atoms with Gasteiger partial charge in [-0.2, -0.15) is 0 Å². The summed E-state index contributed by atoms with van der Waals surface area (Å²) in [7, 11) is 1.32. The molecule has 0 atom stereocenters. The molecule has 0 bridgehead atoms. The Labute approximate surface area is 112 Å². The first-order valence-electron chi connectivity index (χ1n) is 4.36. The van der Waals surface area contributed by atoms with Crippen molar-refractivity contribution in [1.29, 1.82) is 0 Å². The SMILES string of the molecule is COC(=O)c1cccc(I)c1N=C(N)CCl. The number of halogens is 2. The molecule has 4 nitrogen and oxygen atoms in total. The van der Waals surface area contributed by atoms with Gasteiger partial charge in [-0.25, -0.2) is 9.79 Å². The van der Waals surface area contributed by atoms with Crippen molar-refractivity contribution in [3.8, 4) is 0 Å². The molecule has 1 aromatic carbocycles. The maximum Gasteiger partial charge on any atom is 0.340 e. The number of benzene rings is 1. The van der Waals surface area contributed by atoms with Crippen LogP contribution in [0.15, 0.2) is 23.2 Å². The summed E-state index contributed by atoms with van der Waals surface area (Å²) in [4.78, 5) is 15.6. The van der Waals surface area contributed by atoms with Gasteiger partial charge in [0.2, 0.25) is 0 Å². The summed E-state index contributed by atoms with van der Waals surface area (Å²) in [6, 6.07) is 5.21. The summed E-state index contributed by atoms with van der Waals surface area (Å²) in [5.41, 5.74) is 6.42. The molecule has 0 saturated heterocycles. The summed E-state index contributed by atoms with van der Waals surface area (Å²) in [5.74, 6) is -0.0680. The van der Waals surface area contributed by atoms with Gasteiger partial charge in [-0.15, -0.1) is 11.6 Å². The molecule has 86 valence electrons. The second kappa shape index (κ2) is 6.05. The number of ether oxygens (including phenoxy) is 1. The number of carbonyl (C=O) groups is 1. The first kappa shape index (κ1) is 13.2. The zero-order valence-electron chi connectivity index (χ0n) is 8.54. The molecule has 16 heavy (non-hydrogen) atoms. The van der Waals surface area contributed by atoms with E-state index in [0.29, 0.717) is 11.3 Å². The lowest BCUT2D eigenvalue weighted by molar-refractivity contribution is 0.0601. The largest absolute Gasteiger partial charge is 0.465 e. The van der Waals surface area contributed by atoms with Crippen molar-refractivity contribution >= 4 is 51.7 Å². The minimum Gasteiger partial charge on any atom is -0.465 e. The Bertz CT molecular complexity index is 435. The van der Waals surface area contributed by atoms with Crippen LogP contribution in [0.2, 0.25) is 0 Å². The highest BCUT2D eigenvalue weighted by Gasteiger charge is 2.13. The van der Waals surface area contributed by atoms with Gasteiger partial charge in [0.15, 0.2) is 0 Å². The zero-order chi connectivity index (χ0) is 12.1. The van der Waals surface area contributed by atoms with Crippen molar-refractivity contribution in [3.05, 3.63) is 27.3 Å². The maximum absolute atomic E-state index is 11.5. The Hall–Kier alpha value is -0.820. The van der Waals surface area contributed by atoms with Crippen LogP contribution in [0.25, 0.3) is 0 Å². The van der Waals surface area contributed by atoms with Crippen molar-refractivity contribution in [2.75, 3.05) is 13.0 Å². The summed E-state index contributed by atoms with van der Waals surface area (Å²) in [5, 5.41) is 0. The van der Waals surface area contributed by atoms with E-state index in [4.69, 9.17) is 17.3 Å². The van der Waals surface area contributed by atoms with Crippen LogP contribution < -0.4 is 5.73 Å². The van der Waals surface area contributed by atoms with E-state index in [1.54, 1.807) is 12.1 Å². The number of hydrogen-bond donors (Lipinski definition) is 1. The van der Waals surface area contributed by atoms with E-state index in [1.807, 2.05) is 6.07 Å². The number of alkyl halides is 1.